The van der Waals surface area contributed by atoms with Crippen molar-refractivity contribution in [3.63, 3.8) is 0 Å². The second-order valence-electron chi connectivity index (χ2n) is 7.27. The largest absolute Gasteiger partial charge is 0.497 e. The van der Waals surface area contributed by atoms with E-state index in [0.29, 0.717) is 24.7 Å². The summed E-state index contributed by atoms with van der Waals surface area (Å²) in [5.74, 6) is 2.36. The molecule has 0 spiro atoms. The molecule has 0 atom stereocenters. The molecule has 174 valence electrons. The van der Waals surface area contributed by atoms with Gasteiger partial charge in [0.25, 0.3) is 5.56 Å². The zero-order chi connectivity index (χ0) is 23.5. The maximum Gasteiger partial charge on any atom is 0.252 e. The van der Waals surface area contributed by atoms with Crippen LogP contribution in [0.2, 0.25) is 0 Å². The molecular formula is C25H30N4O4. The zero-order valence-electron chi connectivity index (χ0n) is 19.3. The van der Waals surface area contributed by atoms with Crippen LogP contribution in [0.3, 0.4) is 0 Å². The minimum Gasteiger partial charge on any atom is -0.497 e. The number of hydrogen-bond acceptors (Lipinski definition) is 7. The summed E-state index contributed by atoms with van der Waals surface area (Å²) < 4.78 is 16.8. The van der Waals surface area contributed by atoms with Crippen molar-refractivity contribution in [3.05, 3.63) is 64.4 Å². The van der Waals surface area contributed by atoms with Gasteiger partial charge in [-0.3, -0.25) is 9.78 Å². The lowest BCUT2D eigenvalue weighted by Crippen LogP contribution is -2.10. The molecule has 0 aliphatic heterocycles. The zero-order valence-corrected chi connectivity index (χ0v) is 19.3. The average molecular weight is 451 g/mol. The quantitative estimate of drug-likeness (QED) is 0.232. The molecule has 8 heteroatoms. The molecule has 1 heterocycles. The lowest BCUT2D eigenvalue weighted by Gasteiger charge is -2.12. The van der Waals surface area contributed by atoms with E-state index in [1.807, 2.05) is 49.4 Å². The van der Waals surface area contributed by atoms with Crippen LogP contribution < -0.4 is 25.2 Å². The van der Waals surface area contributed by atoms with E-state index < -0.39 is 0 Å². The third-order valence-corrected chi connectivity index (χ3v) is 4.78. The summed E-state index contributed by atoms with van der Waals surface area (Å²) in [6.45, 7) is 5.29. The number of aromatic amines is 1. The first kappa shape index (κ1) is 23.8. The first-order valence-electron chi connectivity index (χ1n) is 11.1. The number of H-pyrrole nitrogens is 1. The maximum atomic E-state index is 12.1. The third-order valence-electron chi connectivity index (χ3n) is 4.78. The summed E-state index contributed by atoms with van der Waals surface area (Å²) in [5, 5.41) is 4.21. The molecule has 2 N–H and O–H groups in total. The summed E-state index contributed by atoms with van der Waals surface area (Å²) in [5.41, 5.74) is 4.65. The van der Waals surface area contributed by atoms with Gasteiger partial charge in [0.15, 0.2) is 11.5 Å². The van der Waals surface area contributed by atoms with Gasteiger partial charge in [0.1, 0.15) is 5.75 Å². The fourth-order valence-electron chi connectivity index (χ4n) is 3.11. The molecule has 0 fully saturated rings. The van der Waals surface area contributed by atoms with Gasteiger partial charge in [0.2, 0.25) is 5.95 Å². The van der Waals surface area contributed by atoms with E-state index in [-0.39, 0.29) is 11.5 Å². The predicted octanol–water partition coefficient (Wildman–Crippen LogP) is 4.86. The number of aromatic nitrogens is 2. The molecule has 3 rings (SSSR count). The van der Waals surface area contributed by atoms with Crippen LogP contribution in [0, 0.1) is 0 Å². The summed E-state index contributed by atoms with van der Waals surface area (Å²) in [6.07, 6.45) is 4.92. The first-order valence-corrected chi connectivity index (χ1v) is 11.1. The van der Waals surface area contributed by atoms with E-state index in [4.69, 9.17) is 14.2 Å². The van der Waals surface area contributed by atoms with E-state index in [1.165, 1.54) is 6.07 Å². The molecular weight excluding hydrogens is 420 g/mol. The molecule has 2 aromatic carbocycles. The average Bonchev–Trinajstić information content (AvgIpc) is 2.83. The lowest BCUT2D eigenvalue weighted by molar-refractivity contribution is 0.271. The van der Waals surface area contributed by atoms with E-state index in [2.05, 4.69) is 27.4 Å². The second-order valence-corrected chi connectivity index (χ2v) is 7.27. The van der Waals surface area contributed by atoms with E-state index in [9.17, 15) is 4.79 Å². The minimum absolute atomic E-state index is 0.241. The monoisotopic (exact) mass is 450 g/mol. The number of ether oxygens (including phenoxy) is 3. The SMILES string of the molecule is CCCCCOc1ccc(/C=N\Nc2nc(-c3ccc(OC)cc3)cc(=O)[nH]2)cc1OCC. The molecule has 0 aliphatic rings. The van der Waals surface area contributed by atoms with E-state index in [0.717, 1.165) is 41.9 Å². The molecule has 0 aliphatic carbocycles. The van der Waals surface area contributed by atoms with Gasteiger partial charge < -0.3 is 14.2 Å². The van der Waals surface area contributed by atoms with Gasteiger partial charge in [-0.15, -0.1) is 0 Å². The minimum atomic E-state index is -0.281. The standard InChI is InChI=1S/C25H30N4O4/c1-4-6-7-14-33-22-13-8-18(15-23(22)32-5-2)17-26-29-25-27-21(16-24(30)28-25)19-9-11-20(31-3)12-10-19/h8-13,15-17H,4-7,14H2,1-3H3,(H2,27,28,29,30)/b26-17-. The van der Waals surface area contributed by atoms with Crippen LogP contribution in [-0.4, -0.2) is 36.5 Å². The molecule has 0 saturated carbocycles. The summed E-state index contributed by atoms with van der Waals surface area (Å²) in [6, 6.07) is 14.4. The third kappa shape index (κ3) is 7.10. The van der Waals surface area contributed by atoms with Gasteiger partial charge in [-0.2, -0.15) is 5.10 Å². The van der Waals surface area contributed by atoms with Crippen molar-refractivity contribution >= 4 is 12.2 Å². The number of benzene rings is 2. The number of unbranched alkanes of at least 4 members (excludes halogenated alkanes) is 2. The fourth-order valence-corrected chi connectivity index (χ4v) is 3.11. The molecule has 0 saturated heterocycles. The van der Waals surface area contributed by atoms with Gasteiger partial charge in [-0.1, -0.05) is 19.8 Å². The molecule has 3 aromatic rings. The number of hydrogen-bond donors (Lipinski definition) is 2. The Bertz CT molecular complexity index is 1110. The lowest BCUT2D eigenvalue weighted by atomic mass is 10.1. The maximum absolute atomic E-state index is 12.1. The van der Waals surface area contributed by atoms with Gasteiger partial charge in [-0.05, 0) is 61.4 Å². The van der Waals surface area contributed by atoms with Gasteiger partial charge >= 0.3 is 0 Å². The Labute approximate surface area is 193 Å². The van der Waals surface area contributed by atoms with Crippen molar-refractivity contribution in [2.75, 3.05) is 25.7 Å². The Kier molecular flexibility index (Phi) is 8.88. The molecule has 33 heavy (non-hydrogen) atoms. The van der Waals surface area contributed by atoms with Crippen LogP contribution in [0.15, 0.2) is 58.4 Å². The number of hydrazone groups is 1. The van der Waals surface area contributed by atoms with Gasteiger partial charge in [-0.25, -0.2) is 10.4 Å². The highest BCUT2D eigenvalue weighted by atomic mass is 16.5. The topological polar surface area (TPSA) is 97.8 Å². The second kappa shape index (κ2) is 12.3. The predicted molar refractivity (Wildman–Crippen MR) is 131 cm³/mol. The van der Waals surface area contributed by atoms with Crippen molar-refractivity contribution in [2.24, 2.45) is 5.10 Å². The van der Waals surface area contributed by atoms with E-state index >= 15 is 0 Å². The fraction of sp³-hybridized carbons (Fsp3) is 0.320. The Balaban J connectivity index is 1.70. The highest BCUT2D eigenvalue weighted by Crippen LogP contribution is 2.28. The molecule has 0 amide bonds. The van der Waals surface area contributed by atoms with Crippen LogP contribution in [-0.2, 0) is 0 Å². The van der Waals surface area contributed by atoms with Crippen molar-refractivity contribution < 1.29 is 14.2 Å². The molecule has 1 aromatic heterocycles. The Morgan fingerprint density at radius 3 is 2.58 bits per heavy atom. The van der Waals surface area contributed by atoms with Crippen molar-refractivity contribution in [2.45, 2.75) is 33.1 Å². The Morgan fingerprint density at radius 2 is 1.85 bits per heavy atom. The van der Waals surface area contributed by atoms with Crippen molar-refractivity contribution in [3.8, 4) is 28.5 Å². The van der Waals surface area contributed by atoms with E-state index in [1.54, 1.807) is 13.3 Å². The first-order chi connectivity index (χ1) is 16.1. The summed E-state index contributed by atoms with van der Waals surface area (Å²) >= 11 is 0. The Morgan fingerprint density at radius 1 is 1.03 bits per heavy atom. The summed E-state index contributed by atoms with van der Waals surface area (Å²) in [7, 11) is 1.60. The molecule has 0 bridgehead atoms. The number of nitrogens with zero attached hydrogens (tertiary/aromatic N) is 2. The highest BCUT2D eigenvalue weighted by Gasteiger charge is 2.07. The molecule has 0 unspecified atom stereocenters. The van der Waals surface area contributed by atoms with Crippen LogP contribution >= 0.6 is 0 Å². The van der Waals surface area contributed by atoms with Gasteiger partial charge in [0.05, 0.1) is 32.2 Å². The molecule has 0 radical (unpaired) electrons. The van der Waals surface area contributed by atoms with Crippen molar-refractivity contribution in [1.82, 2.24) is 9.97 Å². The van der Waals surface area contributed by atoms with Crippen LogP contribution in [0.4, 0.5) is 5.95 Å². The number of rotatable bonds is 12. The number of nitrogens with one attached hydrogen (secondary N) is 2. The smallest absolute Gasteiger partial charge is 0.252 e. The number of anilines is 1. The van der Waals surface area contributed by atoms with Crippen LogP contribution in [0.1, 0.15) is 38.7 Å². The summed E-state index contributed by atoms with van der Waals surface area (Å²) in [4.78, 5) is 19.2. The van der Waals surface area contributed by atoms with Gasteiger partial charge in [0, 0.05) is 11.6 Å². The number of methoxy groups -OCH3 is 1. The Hall–Kier alpha value is -3.81. The normalized spacial score (nSPS) is 10.9. The van der Waals surface area contributed by atoms with Crippen LogP contribution in [0.5, 0.6) is 17.2 Å². The van der Waals surface area contributed by atoms with Crippen LogP contribution in [0.25, 0.3) is 11.3 Å². The van der Waals surface area contributed by atoms with Crippen molar-refractivity contribution in [1.29, 1.82) is 0 Å². The highest BCUT2D eigenvalue weighted by molar-refractivity contribution is 5.81. The molecule has 8 nitrogen and oxygen atoms in total.